The Morgan fingerprint density at radius 3 is 1.36 bits per heavy atom. The van der Waals surface area contributed by atoms with E-state index < -0.39 is 16.9 Å². The fraction of sp³-hybridized carbons (Fsp3) is 0.744. The molecule has 0 atom stereocenters. The van der Waals surface area contributed by atoms with Crippen LogP contribution in [0.1, 0.15) is 161 Å². The van der Waals surface area contributed by atoms with E-state index in [1.807, 2.05) is 6.07 Å². The summed E-state index contributed by atoms with van der Waals surface area (Å²) in [6, 6.07) is 8.42. The Bertz CT molecular complexity index is 1200. The van der Waals surface area contributed by atoms with Crippen LogP contribution in [0.15, 0.2) is 29.2 Å². The van der Waals surface area contributed by atoms with Gasteiger partial charge in [0.05, 0.1) is 0 Å². The summed E-state index contributed by atoms with van der Waals surface area (Å²) >= 11 is 0. The zero-order chi connectivity index (χ0) is 32.5. The van der Waals surface area contributed by atoms with Gasteiger partial charge < -0.3 is 0 Å². The molecule has 0 spiro atoms. The van der Waals surface area contributed by atoms with Crippen molar-refractivity contribution in [3.05, 3.63) is 41.0 Å². The van der Waals surface area contributed by atoms with Gasteiger partial charge in [-0.25, -0.2) is 0 Å². The third-order valence-corrected chi connectivity index (χ3v) is 19.6. The van der Waals surface area contributed by atoms with Crippen molar-refractivity contribution in [1.82, 2.24) is 0 Å². The summed E-state index contributed by atoms with van der Waals surface area (Å²) in [5.74, 6) is 0. The molecule has 254 valence electrons. The van der Waals surface area contributed by atoms with Crippen LogP contribution in [0.4, 0.5) is 0 Å². The average Bonchev–Trinajstić information content (AvgIpc) is 3.02. The molecule has 0 aliphatic heterocycles. The van der Waals surface area contributed by atoms with Crippen LogP contribution in [0.2, 0.25) is 0 Å². The summed E-state index contributed by atoms with van der Waals surface area (Å²) in [7, 11) is -4.01. The molecule has 0 saturated heterocycles. The summed E-state index contributed by atoms with van der Waals surface area (Å²) < 4.78 is 37.6. The Morgan fingerprint density at radius 1 is 0.523 bits per heavy atom. The van der Waals surface area contributed by atoms with Gasteiger partial charge in [-0.05, 0) is 0 Å². The number of benzene rings is 2. The summed E-state index contributed by atoms with van der Waals surface area (Å²) in [6.07, 6.45) is 23.0. The number of hydrogen-bond acceptors (Lipinski definition) is 3. The van der Waals surface area contributed by atoms with Crippen LogP contribution in [-0.2, 0) is 33.4 Å². The number of rotatable bonds is 25. The molecule has 0 unspecified atom stereocenters. The fourth-order valence-corrected chi connectivity index (χ4v) is 17.1. The molecule has 0 fully saturated rings. The van der Waals surface area contributed by atoms with Gasteiger partial charge in [0.25, 0.3) is 0 Å². The van der Waals surface area contributed by atoms with E-state index in [4.69, 9.17) is 3.97 Å². The van der Waals surface area contributed by atoms with E-state index in [0.29, 0.717) is 4.90 Å². The van der Waals surface area contributed by atoms with Crippen molar-refractivity contribution in [3.8, 4) is 0 Å². The Balaban J connectivity index is 2.98. The van der Waals surface area contributed by atoms with Crippen LogP contribution in [0, 0.1) is 0 Å². The maximum atomic E-state index is 15.2. The molecular weight excluding hydrogens is 579 g/mol. The van der Waals surface area contributed by atoms with Crippen LogP contribution >= 0.6 is 6.83 Å². The van der Waals surface area contributed by atoms with Gasteiger partial charge in [0, 0.05) is 0 Å². The van der Waals surface area contributed by atoms with Crippen LogP contribution < -0.4 is 0 Å². The van der Waals surface area contributed by atoms with Gasteiger partial charge in [0.1, 0.15) is 0 Å². The molecule has 0 heterocycles. The van der Waals surface area contributed by atoms with E-state index in [1.54, 1.807) is 0 Å². The third-order valence-electron chi connectivity index (χ3n) is 10.2. The first-order valence-corrected chi connectivity index (χ1v) is 23.0. The molecule has 0 radical (unpaired) electrons. The molecule has 0 aliphatic rings. The van der Waals surface area contributed by atoms with E-state index in [1.165, 1.54) is 30.4 Å². The van der Waals surface area contributed by atoms with Gasteiger partial charge in [0.2, 0.25) is 0 Å². The molecule has 2 rings (SSSR count). The average molecular weight is 649 g/mol. The molecular formula is C39H69O3PS. The molecule has 0 N–H and O–H groups in total. The van der Waals surface area contributed by atoms with E-state index in [9.17, 15) is 0 Å². The van der Waals surface area contributed by atoms with Gasteiger partial charge in [-0.15, -0.1) is 0 Å². The van der Waals surface area contributed by atoms with Crippen LogP contribution in [0.3, 0.4) is 0 Å². The molecule has 0 bridgehead atoms. The van der Waals surface area contributed by atoms with E-state index >= 15 is 8.42 Å². The minimum atomic E-state index is -4.01. The summed E-state index contributed by atoms with van der Waals surface area (Å²) in [5.41, 5.74) is 3.83. The first kappa shape index (κ1) is 39.2. The topological polar surface area (TPSA) is 43.4 Å². The standard InChI is InChI=1S/C39H69O3PS/c1-8-15-21-26-34-35(27-22-16-9-2)37(29-23-17-10-3)39(38-30-25-24-28-36(34)38)44(40,41)42-43(14-7,31-18-11-4,32-19-12-5)33-20-13-6/h24-25,28,30H,8-23,26-27,29,31-33H2,1-7H3. The van der Waals surface area contributed by atoms with Crippen LogP contribution in [-0.4, -0.2) is 33.1 Å². The molecule has 5 heteroatoms. The van der Waals surface area contributed by atoms with Crippen molar-refractivity contribution >= 4 is 27.7 Å². The number of unbranched alkanes of at least 4 members (excludes halogenated alkanes) is 9. The molecule has 0 saturated carbocycles. The minimum absolute atomic E-state index is 0.530. The zero-order valence-electron chi connectivity index (χ0n) is 29.9. The second-order valence-corrected chi connectivity index (χ2v) is 21.2. The SMILES string of the molecule is CCCCCc1c(CCCCC)c(S(=O)(=O)OP(CC)(CCCC)(CCCC)CCCC)c2ccccc2c1CCCCC. The van der Waals surface area contributed by atoms with Crippen molar-refractivity contribution in [3.63, 3.8) is 0 Å². The first-order chi connectivity index (χ1) is 21.2. The normalized spacial score (nSPS) is 13.4. The second-order valence-electron chi connectivity index (χ2n) is 13.6. The van der Waals surface area contributed by atoms with Gasteiger partial charge >= 0.3 is 275 Å². The zero-order valence-corrected chi connectivity index (χ0v) is 31.7. The molecule has 0 amide bonds. The van der Waals surface area contributed by atoms with Gasteiger partial charge in [-0.1, -0.05) is 0 Å². The van der Waals surface area contributed by atoms with E-state index in [2.05, 4.69) is 66.7 Å². The summed E-state index contributed by atoms with van der Waals surface area (Å²) in [6.45, 7) is 12.6. The van der Waals surface area contributed by atoms with Crippen LogP contribution in [0.25, 0.3) is 10.8 Å². The van der Waals surface area contributed by atoms with Crippen molar-refractivity contribution in [2.24, 2.45) is 0 Å². The summed E-state index contributed by atoms with van der Waals surface area (Å²) in [5, 5.41) is 2.04. The molecule has 44 heavy (non-hydrogen) atoms. The van der Waals surface area contributed by atoms with Crippen molar-refractivity contribution in [1.29, 1.82) is 0 Å². The third kappa shape index (κ3) is 10.3. The Hall–Kier alpha value is -0.960. The number of aryl methyl sites for hydroxylation is 1. The molecule has 3 nitrogen and oxygen atoms in total. The van der Waals surface area contributed by atoms with Gasteiger partial charge in [-0.3, -0.25) is 0 Å². The Kier molecular flexibility index (Phi) is 17.5. The Morgan fingerprint density at radius 2 is 0.932 bits per heavy atom. The fourth-order valence-electron chi connectivity index (χ4n) is 7.34. The Labute approximate surface area is 273 Å². The second kappa shape index (κ2) is 19.6. The number of hydrogen-bond donors (Lipinski definition) is 0. The molecule has 2 aromatic rings. The van der Waals surface area contributed by atoms with Crippen molar-refractivity contribution in [2.75, 3.05) is 24.6 Å². The molecule has 0 aromatic heterocycles. The van der Waals surface area contributed by atoms with Crippen molar-refractivity contribution in [2.45, 2.75) is 169 Å². The van der Waals surface area contributed by atoms with Crippen LogP contribution in [0.5, 0.6) is 0 Å². The van der Waals surface area contributed by atoms with E-state index in [0.717, 1.165) is 137 Å². The van der Waals surface area contributed by atoms with Crippen molar-refractivity contribution < 1.29 is 12.4 Å². The van der Waals surface area contributed by atoms with Gasteiger partial charge in [-0.2, -0.15) is 0 Å². The predicted octanol–water partition coefficient (Wildman–Crippen LogP) is 12.6. The van der Waals surface area contributed by atoms with Gasteiger partial charge in [0.15, 0.2) is 0 Å². The monoisotopic (exact) mass is 648 g/mol. The number of fused-ring (bicyclic) bond motifs is 1. The van der Waals surface area contributed by atoms with E-state index in [-0.39, 0.29) is 0 Å². The molecule has 2 aromatic carbocycles. The maximum absolute atomic E-state index is 15.2. The summed E-state index contributed by atoms with van der Waals surface area (Å²) in [4.78, 5) is 0.530. The quantitative estimate of drug-likeness (QED) is 0.0795. The predicted molar refractivity (Wildman–Crippen MR) is 199 cm³/mol. The first-order valence-electron chi connectivity index (χ1n) is 18.7. The molecule has 0 aliphatic carbocycles.